The number of carbonyl (C=O) groups excluding carboxylic acids is 4. The van der Waals surface area contributed by atoms with E-state index in [2.05, 4.69) is 20.3 Å². The Balaban J connectivity index is 1.16. The summed E-state index contributed by atoms with van der Waals surface area (Å²) in [5.74, 6) is -0.939. The number of nitrogens with zero attached hydrogens (tertiary/aromatic N) is 3. The van der Waals surface area contributed by atoms with Crippen LogP contribution < -0.4 is 29.6 Å². The maximum atomic E-state index is 14.9. The van der Waals surface area contributed by atoms with Gasteiger partial charge < -0.3 is 34.5 Å². The lowest BCUT2D eigenvalue weighted by Crippen LogP contribution is -2.59. The molecule has 3 aromatic rings. The van der Waals surface area contributed by atoms with E-state index in [1.807, 2.05) is 38.3 Å². The number of pyridine rings is 1. The van der Waals surface area contributed by atoms with Gasteiger partial charge in [0.15, 0.2) is 0 Å². The van der Waals surface area contributed by atoms with Crippen LogP contribution in [0.1, 0.15) is 103 Å². The lowest BCUT2D eigenvalue weighted by atomic mass is 9.87. The van der Waals surface area contributed by atoms with Crippen LogP contribution in [0, 0.1) is 17.3 Å². The molecule has 0 unspecified atom stereocenters. The summed E-state index contributed by atoms with van der Waals surface area (Å²) >= 11 is 1.46. The Labute approximate surface area is 360 Å². The van der Waals surface area contributed by atoms with Crippen LogP contribution in [0.15, 0.2) is 29.1 Å². The zero-order valence-corrected chi connectivity index (χ0v) is 36.8. The number of aromatic nitrogens is 2. The number of rotatable bonds is 11. The number of methoxy groups -OCH3 is 1. The molecule has 2 aromatic heterocycles. The van der Waals surface area contributed by atoms with Crippen molar-refractivity contribution in [1.29, 1.82) is 0 Å². The number of carbonyl (C=O) groups is 4. The van der Waals surface area contributed by atoms with Crippen LogP contribution in [0.3, 0.4) is 0 Å². The fraction of sp³-hybridized carbons (Fsp3) is 0.628. The number of sulfonamides is 1. The summed E-state index contributed by atoms with van der Waals surface area (Å²) in [6.07, 6.45) is 5.71. The van der Waals surface area contributed by atoms with Crippen molar-refractivity contribution >= 4 is 56.1 Å². The van der Waals surface area contributed by atoms with Gasteiger partial charge in [-0.15, -0.1) is 11.3 Å². The second kappa shape index (κ2) is 17.2. The molecule has 5 atom stereocenters. The fourth-order valence-electron chi connectivity index (χ4n) is 9.22. The minimum absolute atomic E-state index is 0.0157. The molecule has 1 saturated heterocycles. The summed E-state index contributed by atoms with van der Waals surface area (Å²) in [6, 6.07) is 3.46. The van der Waals surface area contributed by atoms with Gasteiger partial charge in [0.05, 0.1) is 42.2 Å². The molecular weight excluding hydrogens is 825 g/mol. The smallest absolute Gasteiger partial charge is 0.407 e. The molecule has 16 nitrogen and oxygen atoms in total. The van der Waals surface area contributed by atoms with Crippen LogP contribution in [0.5, 0.6) is 17.4 Å². The number of thiazole rings is 1. The number of alkyl carbamates (subject to hydrolysis) is 1. The number of benzene rings is 1. The first kappa shape index (κ1) is 43.0. The molecule has 8 rings (SSSR count). The van der Waals surface area contributed by atoms with Crippen molar-refractivity contribution in [3.8, 4) is 17.4 Å². The van der Waals surface area contributed by atoms with Gasteiger partial charge in [-0.2, -0.15) is 0 Å². The van der Waals surface area contributed by atoms with Gasteiger partial charge in [0.25, 0.3) is 5.91 Å². The highest BCUT2D eigenvalue weighted by Crippen LogP contribution is 2.47. The van der Waals surface area contributed by atoms with Gasteiger partial charge in [-0.1, -0.05) is 40.0 Å². The largest absolute Gasteiger partial charge is 0.496 e. The van der Waals surface area contributed by atoms with Gasteiger partial charge >= 0.3 is 6.09 Å². The molecule has 3 N–H and O–H groups in total. The molecular formula is C43H56N6O10S2. The monoisotopic (exact) mass is 880 g/mol. The molecule has 0 spiro atoms. The maximum Gasteiger partial charge on any atom is 0.407 e. The first-order valence-corrected chi connectivity index (χ1v) is 24.0. The van der Waals surface area contributed by atoms with Crippen LogP contribution in [0.2, 0.25) is 0 Å². The number of hydrogen-bond donors (Lipinski definition) is 3. The first-order valence-electron chi connectivity index (χ1n) is 21.5. The molecule has 0 radical (unpaired) electrons. The Morgan fingerprint density at radius 3 is 2.57 bits per heavy atom. The van der Waals surface area contributed by atoms with Crippen molar-refractivity contribution in [1.82, 2.24) is 30.2 Å². The molecule has 4 bridgehead atoms. The van der Waals surface area contributed by atoms with Gasteiger partial charge in [0.2, 0.25) is 27.7 Å². The van der Waals surface area contributed by atoms with Crippen LogP contribution in [0.25, 0.3) is 10.9 Å². The van der Waals surface area contributed by atoms with Crippen LogP contribution in [-0.4, -0.2) is 96.3 Å². The fourth-order valence-corrected chi connectivity index (χ4v) is 11.1. The van der Waals surface area contributed by atoms with Crippen LogP contribution in [0.4, 0.5) is 4.79 Å². The third-order valence-electron chi connectivity index (χ3n) is 13.0. The van der Waals surface area contributed by atoms with Gasteiger partial charge in [-0.3, -0.25) is 19.1 Å². The quantitative estimate of drug-likeness (QED) is 0.228. The molecule has 3 saturated carbocycles. The minimum atomic E-state index is -3.89. The number of aryl methyl sites for hydroxylation is 1. The lowest BCUT2D eigenvalue weighted by Gasteiger charge is -2.32. The predicted octanol–water partition coefficient (Wildman–Crippen LogP) is 5.17. The van der Waals surface area contributed by atoms with Crippen LogP contribution >= 0.6 is 11.3 Å². The Kier molecular flexibility index (Phi) is 12.1. The highest BCUT2D eigenvalue weighted by Gasteiger charge is 2.62. The number of cyclic esters (lactones) is 1. The SMILES string of the molecule is CC[C@H]1C[C@@]1(NC(=O)[C@@H]1C[C@@H]2CN1C(=O)[C@H](C1CCCC1)NC(=O)OCC(C)(C)CCCc1cc3c(cc(OCc4cscn4)nc3cc1OC)O2)C(=O)NS(=O)(=O)C1CC1. The molecule has 4 heterocycles. The van der Waals surface area contributed by atoms with E-state index in [-0.39, 0.29) is 55.7 Å². The van der Waals surface area contributed by atoms with E-state index in [1.54, 1.807) is 18.7 Å². The molecule has 4 amide bonds. The summed E-state index contributed by atoms with van der Waals surface area (Å²) in [7, 11) is -2.28. The second-order valence-electron chi connectivity index (χ2n) is 18.1. The van der Waals surface area contributed by atoms with Gasteiger partial charge in [-0.05, 0) is 80.2 Å². The first-order chi connectivity index (χ1) is 29.2. The summed E-state index contributed by atoms with van der Waals surface area (Å²) in [4.78, 5) is 67.5. The van der Waals surface area contributed by atoms with Crippen molar-refractivity contribution in [2.45, 2.75) is 133 Å². The average molecular weight is 881 g/mol. The molecule has 4 fully saturated rings. The maximum absolute atomic E-state index is 14.9. The van der Waals surface area contributed by atoms with E-state index in [4.69, 9.17) is 23.9 Å². The zero-order valence-electron chi connectivity index (χ0n) is 35.2. The number of amides is 4. The van der Waals surface area contributed by atoms with E-state index in [0.717, 1.165) is 36.9 Å². The summed E-state index contributed by atoms with van der Waals surface area (Å²) < 4.78 is 52.6. The summed E-state index contributed by atoms with van der Waals surface area (Å²) in [5.41, 5.74) is 2.12. The number of hydrogen-bond acceptors (Lipinski definition) is 13. The normalized spacial score (nSPS) is 27.0. The Bertz CT molecular complexity index is 2260. The summed E-state index contributed by atoms with van der Waals surface area (Å²) in [5, 5.41) is 7.78. The van der Waals surface area contributed by atoms with Crippen molar-refractivity contribution in [3.05, 3.63) is 40.3 Å². The highest BCUT2D eigenvalue weighted by atomic mass is 32.2. The topological polar surface area (TPSA) is 204 Å². The Hall–Kier alpha value is -4.71. The van der Waals surface area contributed by atoms with Crippen molar-refractivity contribution < 1.29 is 46.5 Å². The van der Waals surface area contributed by atoms with E-state index in [0.29, 0.717) is 60.9 Å². The van der Waals surface area contributed by atoms with Crippen molar-refractivity contribution in [2.75, 3.05) is 20.3 Å². The van der Waals surface area contributed by atoms with Crippen molar-refractivity contribution in [3.63, 3.8) is 0 Å². The highest BCUT2D eigenvalue weighted by molar-refractivity contribution is 7.91. The second-order valence-corrected chi connectivity index (χ2v) is 20.8. The molecule has 3 aliphatic carbocycles. The Morgan fingerprint density at radius 1 is 1.10 bits per heavy atom. The number of ether oxygens (including phenoxy) is 4. The van der Waals surface area contributed by atoms with Crippen molar-refractivity contribution in [2.24, 2.45) is 17.3 Å². The predicted molar refractivity (Wildman–Crippen MR) is 226 cm³/mol. The van der Waals surface area contributed by atoms with Gasteiger partial charge in [0, 0.05) is 29.3 Å². The van der Waals surface area contributed by atoms with Gasteiger partial charge in [0.1, 0.15) is 41.8 Å². The third-order valence-corrected chi connectivity index (χ3v) is 15.4. The average Bonchev–Trinajstić information content (AvgIpc) is 3.97. The minimum Gasteiger partial charge on any atom is -0.496 e. The molecule has 330 valence electrons. The van der Waals surface area contributed by atoms with E-state index in [1.165, 1.54) is 16.2 Å². The van der Waals surface area contributed by atoms with E-state index in [9.17, 15) is 27.6 Å². The van der Waals surface area contributed by atoms with E-state index >= 15 is 0 Å². The molecule has 1 aromatic carbocycles. The Morgan fingerprint density at radius 2 is 1.89 bits per heavy atom. The number of nitrogens with one attached hydrogen (secondary N) is 3. The lowest BCUT2D eigenvalue weighted by molar-refractivity contribution is -0.142. The molecule has 2 aliphatic heterocycles. The molecule has 18 heteroatoms. The summed E-state index contributed by atoms with van der Waals surface area (Å²) in [6.45, 7) is 6.23. The van der Waals surface area contributed by atoms with Crippen LogP contribution in [-0.2, 0) is 42.2 Å². The standard InChI is InChI=1S/C43H56N6O10S2/c1-5-27-19-43(27,40(52)48-61(54,55)30-12-13-30)47-38(50)33-16-29-20-49(33)39(51)37(25-9-6-7-10-25)46-41(53)58-23-42(2,3)14-8-11-26-15-31-32(17-34(26)56-4)45-36(18-35(31)59-29)57-21-28-22-60-24-44-28/h15,17-18,22,24-25,27,29-30,33,37H,5-14,16,19-21,23H2,1-4H3,(H,46,53)(H,47,50)(H,48,52)/t27-,29+,33-,37-,43-/m0/s1. The molecule has 5 aliphatic rings. The number of fused-ring (bicyclic) bond motifs is 3. The van der Waals surface area contributed by atoms with E-state index < -0.39 is 62.8 Å². The molecule has 61 heavy (non-hydrogen) atoms. The van der Waals surface area contributed by atoms with Gasteiger partial charge in [-0.25, -0.2) is 23.2 Å². The zero-order chi connectivity index (χ0) is 43.1. The third kappa shape index (κ3) is 9.39.